The molecule has 0 radical (unpaired) electrons. The van der Waals surface area contributed by atoms with Crippen LogP contribution >= 0.6 is 0 Å². The molecule has 0 aromatic heterocycles. The molecule has 0 saturated heterocycles. The van der Waals surface area contributed by atoms with E-state index in [-0.39, 0.29) is 5.91 Å². The molecule has 14 heavy (non-hydrogen) atoms. The van der Waals surface area contributed by atoms with Crippen LogP contribution in [0.1, 0.15) is 12.8 Å². The third kappa shape index (κ3) is 6.86. The van der Waals surface area contributed by atoms with Gasteiger partial charge in [-0.05, 0) is 33.6 Å². The Balaban J connectivity index is 3.43. The molecule has 0 spiro atoms. The second-order valence-corrected chi connectivity index (χ2v) is 3.80. The molecule has 1 amide bonds. The second-order valence-electron chi connectivity index (χ2n) is 3.80. The van der Waals surface area contributed by atoms with Crippen LogP contribution in [-0.4, -0.2) is 63.5 Å². The Morgan fingerprint density at radius 2 is 1.86 bits per heavy atom. The smallest absolute Gasteiger partial charge is 0.223 e. The maximum Gasteiger partial charge on any atom is 0.223 e. The van der Waals surface area contributed by atoms with E-state index in [9.17, 15) is 4.79 Å². The first-order chi connectivity index (χ1) is 6.57. The third-order valence-electron chi connectivity index (χ3n) is 2.17. The maximum atomic E-state index is 11.3. The van der Waals surface area contributed by atoms with Gasteiger partial charge in [0.15, 0.2) is 0 Å². The van der Waals surface area contributed by atoms with Crippen LogP contribution in [0.2, 0.25) is 0 Å². The lowest BCUT2D eigenvalue weighted by molar-refractivity contribution is -0.128. The monoisotopic (exact) mass is 201 g/mol. The van der Waals surface area contributed by atoms with Gasteiger partial charge >= 0.3 is 0 Å². The normalized spacial score (nSPS) is 10.6. The Morgan fingerprint density at radius 3 is 2.36 bits per heavy atom. The van der Waals surface area contributed by atoms with Gasteiger partial charge in [-0.1, -0.05) is 0 Å². The van der Waals surface area contributed by atoms with E-state index in [1.54, 1.807) is 19.0 Å². The largest absolute Gasteiger partial charge is 0.349 e. The zero-order valence-electron chi connectivity index (χ0n) is 9.84. The van der Waals surface area contributed by atoms with Crippen LogP contribution in [-0.2, 0) is 4.79 Å². The summed E-state index contributed by atoms with van der Waals surface area (Å²) in [7, 11) is 7.60. The number of hydrogen-bond acceptors (Lipinski definition) is 3. The number of rotatable bonds is 7. The van der Waals surface area contributed by atoms with Gasteiger partial charge in [0.2, 0.25) is 5.91 Å². The molecular formula is C10H23N3O. The molecular weight excluding hydrogens is 178 g/mol. The average molecular weight is 201 g/mol. The fourth-order valence-electron chi connectivity index (χ4n) is 1.15. The van der Waals surface area contributed by atoms with Gasteiger partial charge in [0.1, 0.15) is 0 Å². The SMILES string of the molecule is CNCCCN(C)CCC(=O)N(C)C. The van der Waals surface area contributed by atoms with Crippen molar-refractivity contribution in [3.63, 3.8) is 0 Å². The quantitative estimate of drug-likeness (QED) is 0.589. The molecule has 0 heterocycles. The van der Waals surface area contributed by atoms with Crippen LogP contribution in [0.3, 0.4) is 0 Å². The number of carbonyl (C=O) groups excluding carboxylic acids is 1. The van der Waals surface area contributed by atoms with Gasteiger partial charge < -0.3 is 15.1 Å². The Morgan fingerprint density at radius 1 is 1.21 bits per heavy atom. The predicted molar refractivity (Wildman–Crippen MR) is 59.4 cm³/mol. The van der Waals surface area contributed by atoms with Crippen molar-refractivity contribution in [2.24, 2.45) is 0 Å². The first-order valence-corrected chi connectivity index (χ1v) is 5.11. The Bertz CT molecular complexity index is 159. The molecule has 0 bridgehead atoms. The van der Waals surface area contributed by atoms with Crippen LogP contribution in [0, 0.1) is 0 Å². The molecule has 4 nitrogen and oxygen atoms in total. The standard InChI is InChI=1S/C10H23N3O/c1-11-7-5-8-13(4)9-6-10(14)12(2)3/h11H,5-9H2,1-4H3. The summed E-state index contributed by atoms with van der Waals surface area (Å²) in [6.07, 6.45) is 1.74. The van der Waals surface area contributed by atoms with E-state index in [0.29, 0.717) is 6.42 Å². The lowest BCUT2D eigenvalue weighted by Crippen LogP contribution is -2.29. The van der Waals surface area contributed by atoms with Crippen molar-refractivity contribution in [2.75, 3.05) is 47.8 Å². The van der Waals surface area contributed by atoms with E-state index in [2.05, 4.69) is 17.3 Å². The van der Waals surface area contributed by atoms with Crippen LogP contribution < -0.4 is 5.32 Å². The second kappa shape index (κ2) is 7.76. The van der Waals surface area contributed by atoms with Crippen molar-refractivity contribution in [1.29, 1.82) is 0 Å². The number of carbonyl (C=O) groups is 1. The molecule has 4 heteroatoms. The van der Waals surface area contributed by atoms with Gasteiger partial charge in [0, 0.05) is 27.1 Å². The summed E-state index contributed by atoms with van der Waals surface area (Å²) in [4.78, 5) is 15.1. The van der Waals surface area contributed by atoms with E-state index >= 15 is 0 Å². The summed E-state index contributed by atoms with van der Waals surface area (Å²) < 4.78 is 0. The molecule has 84 valence electrons. The number of hydrogen-bond donors (Lipinski definition) is 1. The minimum absolute atomic E-state index is 0.200. The summed E-state index contributed by atoms with van der Waals surface area (Å²) in [5.41, 5.74) is 0. The molecule has 0 aliphatic heterocycles. The maximum absolute atomic E-state index is 11.3. The van der Waals surface area contributed by atoms with E-state index in [1.165, 1.54) is 0 Å². The van der Waals surface area contributed by atoms with E-state index < -0.39 is 0 Å². The topological polar surface area (TPSA) is 35.6 Å². The van der Waals surface area contributed by atoms with Crippen LogP contribution in [0.5, 0.6) is 0 Å². The van der Waals surface area contributed by atoms with Crippen molar-refractivity contribution < 1.29 is 4.79 Å². The number of nitrogens with one attached hydrogen (secondary N) is 1. The van der Waals surface area contributed by atoms with Gasteiger partial charge in [-0.2, -0.15) is 0 Å². The molecule has 0 aromatic carbocycles. The zero-order valence-corrected chi connectivity index (χ0v) is 9.84. The summed E-state index contributed by atoms with van der Waals surface area (Å²) in [5.74, 6) is 0.200. The molecule has 0 unspecified atom stereocenters. The molecule has 0 rings (SSSR count). The van der Waals surface area contributed by atoms with Crippen LogP contribution in [0.25, 0.3) is 0 Å². The first kappa shape index (κ1) is 13.4. The highest BCUT2D eigenvalue weighted by Crippen LogP contribution is 1.92. The van der Waals surface area contributed by atoms with E-state index in [4.69, 9.17) is 0 Å². The average Bonchev–Trinajstić information content (AvgIpc) is 2.14. The molecule has 0 aliphatic rings. The summed E-state index contributed by atoms with van der Waals surface area (Å²) in [6.45, 7) is 2.92. The Kier molecular flexibility index (Phi) is 7.42. The Hall–Kier alpha value is -0.610. The fourth-order valence-corrected chi connectivity index (χ4v) is 1.15. The molecule has 0 fully saturated rings. The fraction of sp³-hybridized carbons (Fsp3) is 0.900. The highest BCUT2D eigenvalue weighted by molar-refractivity contribution is 5.75. The summed E-state index contributed by atoms with van der Waals surface area (Å²) >= 11 is 0. The number of amides is 1. The molecule has 0 aromatic rings. The third-order valence-corrected chi connectivity index (χ3v) is 2.17. The minimum Gasteiger partial charge on any atom is -0.349 e. The molecule has 0 atom stereocenters. The Labute approximate surface area is 87.3 Å². The lowest BCUT2D eigenvalue weighted by Gasteiger charge is -2.17. The first-order valence-electron chi connectivity index (χ1n) is 5.11. The van der Waals surface area contributed by atoms with Crippen molar-refractivity contribution in [3.8, 4) is 0 Å². The van der Waals surface area contributed by atoms with E-state index in [1.807, 2.05) is 7.05 Å². The van der Waals surface area contributed by atoms with Crippen LogP contribution in [0.15, 0.2) is 0 Å². The zero-order chi connectivity index (χ0) is 11.0. The van der Waals surface area contributed by atoms with Crippen molar-refractivity contribution in [1.82, 2.24) is 15.1 Å². The van der Waals surface area contributed by atoms with Crippen LogP contribution in [0.4, 0.5) is 0 Å². The van der Waals surface area contributed by atoms with Crippen molar-refractivity contribution in [2.45, 2.75) is 12.8 Å². The highest BCUT2D eigenvalue weighted by atomic mass is 16.2. The highest BCUT2D eigenvalue weighted by Gasteiger charge is 2.05. The summed E-state index contributed by atoms with van der Waals surface area (Å²) in [5, 5.41) is 3.10. The summed E-state index contributed by atoms with van der Waals surface area (Å²) in [6, 6.07) is 0. The predicted octanol–water partition coefficient (Wildman–Crippen LogP) is 0.00600. The minimum atomic E-state index is 0.200. The molecule has 0 saturated carbocycles. The van der Waals surface area contributed by atoms with Gasteiger partial charge in [-0.15, -0.1) is 0 Å². The van der Waals surface area contributed by atoms with Crippen molar-refractivity contribution >= 4 is 5.91 Å². The number of nitrogens with zero attached hydrogens (tertiary/aromatic N) is 2. The van der Waals surface area contributed by atoms with Gasteiger partial charge in [0.25, 0.3) is 0 Å². The van der Waals surface area contributed by atoms with E-state index in [0.717, 1.165) is 26.1 Å². The van der Waals surface area contributed by atoms with Gasteiger partial charge in [-0.25, -0.2) is 0 Å². The van der Waals surface area contributed by atoms with Gasteiger partial charge in [0.05, 0.1) is 0 Å². The molecule has 1 N–H and O–H groups in total. The molecule has 0 aliphatic carbocycles. The lowest BCUT2D eigenvalue weighted by atomic mass is 10.3. The van der Waals surface area contributed by atoms with Gasteiger partial charge in [-0.3, -0.25) is 4.79 Å². The van der Waals surface area contributed by atoms with Crippen molar-refractivity contribution in [3.05, 3.63) is 0 Å².